The van der Waals surface area contributed by atoms with Crippen LogP contribution in [0.2, 0.25) is 0 Å². The standard InChI is InChI=1S/C17H23BrN2O3/c1-17(2,3)23-16(21)20-10-12-8-13(18)9-19-14(12)15(20)11-4-6-22-7-5-11/h8-9,11,15H,4-7,10H2,1-3H3. The van der Waals surface area contributed by atoms with Crippen LogP contribution >= 0.6 is 15.9 Å². The summed E-state index contributed by atoms with van der Waals surface area (Å²) in [6, 6.07) is 2.04. The molecule has 126 valence electrons. The highest BCUT2D eigenvalue weighted by atomic mass is 79.9. The molecule has 1 atom stereocenters. The molecule has 0 saturated carbocycles. The van der Waals surface area contributed by atoms with Gasteiger partial charge in [-0.25, -0.2) is 4.79 Å². The summed E-state index contributed by atoms with van der Waals surface area (Å²) in [6.45, 7) is 7.73. The molecule has 2 aliphatic rings. The molecule has 1 aromatic rings. The second-order valence-corrected chi connectivity index (χ2v) is 8.12. The molecule has 5 nitrogen and oxygen atoms in total. The number of carbonyl (C=O) groups is 1. The summed E-state index contributed by atoms with van der Waals surface area (Å²) >= 11 is 3.47. The van der Waals surface area contributed by atoms with Crippen molar-refractivity contribution in [3.8, 4) is 0 Å². The number of amides is 1. The normalized spacial score (nSPS) is 22.1. The average Bonchev–Trinajstić information content (AvgIpc) is 2.85. The van der Waals surface area contributed by atoms with Gasteiger partial charge in [-0.3, -0.25) is 9.88 Å². The van der Waals surface area contributed by atoms with E-state index in [4.69, 9.17) is 9.47 Å². The summed E-state index contributed by atoms with van der Waals surface area (Å²) in [5.41, 5.74) is 1.60. The molecule has 6 heteroatoms. The fourth-order valence-corrected chi connectivity index (χ4v) is 3.70. The van der Waals surface area contributed by atoms with Crippen LogP contribution in [0.5, 0.6) is 0 Å². The topological polar surface area (TPSA) is 51.7 Å². The van der Waals surface area contributed by atoms with Gasteiger partial charge in [-0.2, -0.15) is 0 Å². The van der Waals surface area contributed by atoms with E-state index in [1.165, 1.54) is 0 Å². The molecule has 1 fully saturated rings. The number of carbonyl (C=O) groups excluding carboxylic acids is 1. The summed E-state index contributed by atoms with van der Waals surface area (Å²) in [5.74, 6) is 0.367. The van der Waals surface area contributed by atoms with Crippen molar-refractivity contribution in [3.63, 3.8) is 0 Å². The Hall–Kier alpha value is -1.14. The van der Waals surface area contributed by atoms with Gasteiger partial charge in [0.25, 0.3) is 0 Å². The molecule has 1 aromatic heterocycles. The Balaban J connectivity index is 1.90. The second kappa shape index (κ2) is 6.40. The third-order valence-electron chi connectivity index (χ3n) is 4.27. The van der Waals surface area contributed by atoms with Crippen molar-refractivity contribution in [2.75, 3.05) is 13.2 Å². The maximum atomic E-state index is 12.7. The minimum Gasteiger partial charge on any atom is -0.444 e. The van der Waals surface area contributed by atoms with Gasteiger partial charge < -0.3 is 9.47 Å². The second-order valence-electron chi connectivity index (χ2n) is 7.20. The quantitative estimate of drug-likeness (QED) is 0.734. The number of hydrogen-bond donors (Lipinski definition) is 0. The first-order chi connectivity index (χ1) is 10.8. The molecule has 23 heavy (non-hydrogen) atoms. The van der Waals surface area contributed by atoms with Gasteiger partial charge in [0, 0.05) is 23.9 Å². The Morgan fingerprint density at radius 2 is 2.09 bits per heavy atom. The lowest BCUT2D eigenvalue weighted by atomic mass is 9.89. The Morgan fingerprint density at radius 1 is 1.39 bits per heavy atom. The monoisotopic (exact) mass is 382 g/mol. The fraction of sp³-hybridized carbons (Fsp3) is 0.647. The molecule has 0 aliphatic carbocycles. The van der Waals surface area contributed by atoms with E-state index in [2.05, 4.69) is 27.0 Å². The Bertz CT molecular complexity index is 594. The molecule has 0 N–H and O–H groups in total. The molecule has 1 unspecified atom stereocenters. The minimum atomic E-state index is -0.500. The number of fused-ring (bicyclic) bond motifs is 1. The number of aromatic nitrogens is 1. The van der Waals surface area contributed by atoms with Gasteiger partial charge in [0.1, 0.15) is 5.60 Å². The van der Waals surface area contributed by atoms with Crippen LogP contribution in [0.15, 0.2) is 16.7 Å². The van der Waals surface area contributed by atoms with Crippen LogP contribution in [-0.4, -0.2) is 34.8 Å². The van der Waals surface area contributed by atoms with Crippen molar-refractivity contribution in [2.24, 2.45) is 5.92 Å². The molecule has 0 spiro atoms. The predicted molar refractivity (Wildman–Crippen MR) is 90.0 cm³/mol. The van der Waals surface area contributed by atoms with E-state index in [0.717, 1.165) is 41.8 Å². The molecule has 0 aromatic carbocycles. The summed E-state index contributed by atoms with van der Waals surface area (Å²) in [4.78, 5) is 19.1. The average molecular weight is 383 g/mol. The van der Waals surface area contributed by atoms with Crippen LogP contribution in [0.1, 0.15) is 50.9 Å². The number of rotatable bonds is 1. The van der Waals surface area contributed by atoms with Crippen molar-refractivity contribution in [3.05, 3.63) is 28.0 Å². The fourth-order valence-electron chi connectivity index (χ4n) is 3.32. The first-order valence-corrected chi connectivity index (χ1v) is 8.86. The molecule has 0 bridgehead atoms. The van der Waals surface area contributed by atoms with Gasteiger partial charge in [-0.15, -0.1) is 0 Å². The van der Waals surface area contributed by atoms with Crippen LogP contribution < -0.4 is 0 Å². The van der Waals surface area contributed by atoms with E-state index >= 15 is 0 Å². The summed E-state index contributed by atoms with van der Waals surface area (Å²) < 4.78 is 12.0. The van der Waals surface area contributed by atoms with Crippen LogP contribution in [0.25, 0.3) is 0 Å². The zero-order valence-electron chi connectivity index (χ0n) is 13.8. The molecule has 1 saturated heterocycles. The number of nitrogens with zero attached hydrogens (tertiary/aromatic N) is 2. The smallest absolute Gasteiger partial charge is 0.411 e. The Kier molecular flexibility index (Phi) is 4.65. The zero-order valence-corrected chi connectivity index (χ0v) is 15.4. The van der Waals surface area contributed by atoms with Crippen molar-refractivity contribution in [2.45, 2.75) is 51.8 Å². The number of hydrogen-bond acceptors (Lipinski definition) is 4. The highest BCUT2D eigenvalue weighted by Gasteiger charge is 2.42. The van der Waals surface area contributed by atoms with Crippen LogP contribution in [0.4, 0.5) is 4.79 Å². The van der Waals surface area contributed by atoms with E-state index in [-0.39, 0.29) is 12.1 Å². The maximum Gasteiger partial charge on any atom is 0.411 e. The molecular formula is C17H23BrN2O3. The highest BCUT2D eigenvalue weighted by Crippen LogP contribution is 2.42. The van der Waals surface area contributed by atoms with Gasteiger partial charge in [0.15, 0.2) is 0 Å². The molecule has 2 aliphatic heterocycles. The lowest BCUT2D eigenvalue weighted by Gasteiger charge is -2.34. The minimum absolute atomic E-state index is 0.0168. The summed E-state index contributed by atoms with van der Waals surface area (Å²) in [6.07, 6.45) is 3.44. The van der Waals surface area contributed by atoms with E-state index in [0.29, 0.717) is 12.5 Å². The van der Waals surface area contributed by atoms with Crippen LogP contribution in [0.3, 0.4) is 0 Å². The van der Waals surface area contributed by atoms with E-state index in [1.807, 2.05) is 31.9 Å². The molecule has 3 heterocycles. The van der Waals surface area contributed by atoms with E-state index in [1.54, 1.807) is 0 Å². The molecular weight excluding hydrogens is 360 g/mol. The van der Waals surface area contributed by atoms with E-state index in [9.17, 15) is 4.79 Å². The molecule has 3 rings (SSSR count). The van der Waals surface area contributed by atoms with Gasteiger partial charge in [-0.1, -0.05) is 0 Å². The summed E-state index contributed by atoms with van der Waals surface area (Å²) in [7, 11) is 0. The van der Waals surface area contributed by atoms with E-state index < -0.39 is 5.60 Å². The third-order valence-corrected chi connectivity index (χ3v) is 4.70. The van der Waals surface area contributed by atoms with Gasteiger partial charge in [0.2, 0.25) is 0 Å². The van der Waals surface area contributed by atoms with Crippen molar-refractivity contribution in [1.82, 2.24) is 9.88 Å². The van der Waals surface area contributed by atoms with Gasteiger partial charge >= 0.3 is 6.09 Å². The first kappa shape index (κ1) is 16.7. The number of pyridine rings is 1. The van der Waals surface area contributed by atoms with Gasteiger partial charge in [0.05, 0.1) is 18.3 Å². The number of halogens is 1. The van der Waals surface area contributed by atoms with Crippen molar-refractivity contribution < 1.29 is 14.3 Å². The lowest BCUT2D eigenvalue weighted by molar-refractivity contribution is -0.00543. The predicted octanol–water partition coefficient (Wildman–Crippen LogP) is 4.06. The van der Waals surface area contributed by atoms with Crippen molar-refractivity contribution >= 4 is 22.0 Å². The molecule has 1 amide bonds. The molecule has 0 radical (unpaired) electrons. The zero-order chi connectivity index (χ0) is 16.6. The van der Waals surface area contributed by atoms with Crippen LogP contribution in [0, 0.1) is 5.92 Å². The maximum absolute atomic E-state index is 12.7. The summed E-state index contributed by atoms with van der Waals surface area (Å²) in [5, 5.41) is 0. The highest BCUT2D eigenvalue weighted by molar-refractivity contribution is 9.10. The Morgan fingerprint density at radius 3 is 2.74 bits per heavy atom. The Labute approximate surface area is 145 Å². The van der Waals surface area contributed by atoms with Gasteiger partial charge in [-0.05, 0) is 67.1 Å². The SMILES string of the molecule is CC(C)(C)OC(=O)N1Cc2cc(Br)cnc2C1C1CCOCC1. The third kappa shape index (κ3) is 3.69. The van der Waals surface area contributed by atoms with Crippen LogP contribution in [-0.2, 0) is 16.0 Å². The van der Waals surface area contributed by atoms with Crippen molar-refractivity contribution in [1.29, 1.82) is 0 Å². The lowest BCUT2D eigenvalue weighted by Crippen LogP contribution is -2.39. The largest absolute Gasteiger partial charge is 0.444 e. The first-order valence-electron chi connectivity index (χ1n) is 8.07. The number of ether oxygens (including phenoxy) is 2.